The summed E-state index contributed by atoms with van der Waals surface area (Å²) in [5, 5.41) is 7.71. The Morgan fingerprint density at radius 2 is 1.34 bits per heavy atom. The first kappa shape index (κ1) is 33.2. The molecule has 6 nitrogen and oxygen atoms in total. The molecule has 3 heterocycles. The van der Waals surface area contributed by atoms with Gasteiger partial charge >= 0.3 is 0 Å². The molecule has 3 aromatic heterocycles. The number of hydrogen-bond acceptors (Lipinski definition) is 4. The zero-order chi connectivity index (χ0) is 35.5. The summed E-state index contributed by atoms with van der Waals surface area (Å²) >= 11 is 0. The second kappa shape index (κ2) is 12.2. The lowest BCUT2D eigenvalue weighted by atomic mass is 9.79. The van der Waals surface area contributed by atoms with Crippen LogP contribution in [0, 0.1) is 20.8 Å². The predicted molar refractivity (Wildman–Crippen MR) is 206 cm³/mol. The van der Waals surface area contributed by atoms with Crippen molar-refractivity contribution in [3.63, 3.8) is 0 Å². The Morgan fingerprint density at radius 1 is 0.620 bits per heavy atom. The summed E-state index contributed by atoms with van der Waals surface area (Å²) in [5.74, 6) is 3.03. The van der Waals surface area contributed by atoms with Crippen molar-refractivity contribution in [2.24, 2.45) is 0 Å². The van der Waals surface area contributed by atoms with E-state index >= 15 is 0 Å². The predicted octanol–water partition coefficient (Wildman–Crippen LogP) is 11.4. The van der Waals surface area contributed by atoms with Crippen LogP contribution in [0.5, 0.6) is 17.2 Å². The van der Waals surface area contributed by atoms with Gasteiger partial charge in [0.05, 0.1) is 35.2 Å². The minimum atomic E-state index is -0.197. The number of para-hydroxylation sites is 1. The molecule has 0 aliphatic rings. The number of aryl methyl sites for hydroxylation is 3. The molecule has 0 amide bonds. The molecular formula is C44H46N4O2. The Balaban J connectivity index is 1.38. The highest BCUT2D eigenvalue weighted by Crippen LogP contribution is 2.44. The molecule has 0 saturated carbocycles. The van der Waals surface area contributed by atoms with Gasteiger partial charge in [0.25, 0.3) is 0 Å². The fraction of sp³-hybridized carbons (Fsp3) is 0.273. The number of rotatable bonds is 6. The molecule has 0 radical (unpaired) electrons. The van der Waals surface area contributed by atoms with Gasteiger partial charge in [-0.25, -0.2) is 9.67 Å². The van der Waals surface area contributed by atoms with E-state index in [0.29, 0.717) is 0 Å². The smallest absolute Gasteiger partial charge is 0.141 e. The molecule has 0 saturated heterocycles. The fourth-order valence-electron chi connectivity index (χ4n) is 7.22. The minimum absolute atomic E-state index is 0.177. The standard InChI is InChI=1S/C44H46N4O2/c1-27-22-30(48-42(44(7,8)9)40(41(46-48)43(4,5)6)39-28(2)14-13-15-29(39)3)24-33(23-27)50-32-18-19-35-34-16-11-12-17-36(34)47(37(35)25-32)38-26-31(49-10)20-21-45-38/h11-26H,1-10H3. The summed E-state index contributed by atoms with van der Waals surface area (Å²) < 4.78 is 16.6. The maximum absolute atomic E-state index is 6.71. The van der Waals surface area contributed by atoms with Crippen LogP contribution in [0.1, 0.15) is 69.6 Å². The number of hydrogen-bond donors (Lipinski definition) is 0. The summed E-state index contributed by atoms with van der Waals surface area (Å²) in [5.41, 5.74) is 11.1. The van der Waals surface area contributed by atoms with Gasteiger partial charge < -0.3 is 9.47 Å². The number of fused-ring (bicyclic) bond motifs is 3. The lowest BCUT2D eigenvalue weighted by Gasteiger charge is -2.25. The van der Waals surface area contributed by atoms with Crippen LogP contribution in [-0.4, -0.2) is 26.4 Å². The summed E-state index contributed by atoms with van der Waals surface area (Å²) in [4.78, 5) is 4.72. The summed E-state index contributed by atoms with van der Waals surface area (Å²) in [6.07, 6.45) is 1.78. The molecule has 0 aliphatic heterocycles. The Bertz CT molecular complexity index is 2380. The van der Waals surface area contributed by atoms with Crippen molar-refractivity contribution in [1.29, 1.82) is 0 Å². The molecule has 0 atom stereocenters. The van der Waals surface area contributed by atoms with Gasteiger partial charge in [-0.1, -0.05) is 77.9 Å². The van der Waals surface area contributed by atoms with Crippen molar-refractivity contribution in [2.45, 2.75) is 73.1 Å². The molecule has 0 fully saturated rings. The average molecular weight is 663 g/mol. The van der Waals surface area contributed by atoms with E-state index in [1.165, 1.54) is 27.9 Å². The molecular weight excluding hydrogens is 617 g/mol. The van der Waals surface area contributed by atoms with Gasteiger partial charge in [0, 0.05) is 51.6 Å². The highest BCUT2D eigenvalue weighted by Gasteiger charge is 2.34. The average Bonchev–Trinajstić information content (AvgIpc) is 3.62. The maximum Gasteiger partial charge on any atom is 0.141 e. The van der Waals surface area contributed by atoms with Crippen LogP contribution in [-0.2, 0) is 10.8 Å². The normalized spacial score (nSPS) is 12.2. The Morgan fingerprint density at radius 3 is 2.04 bits per heavy atom. The first-order valence-corrected chi connectivity index (χ1v) is 17.3. The number of methoxy groups -OCH3 is 1. The minimum Gasteiger partial charge on any atom is -0.497 e. The van der Waals surface area contributed by atoms with E-state index in [1.807, 2.05) is 18.2 Å². The maximum atomic E-state index is 6.71. The van der Waals surface area contributed by atoms with Gasteiger partial charge in [0.1, 0.15) is 23.1 Å². The first-order chi connectivity index (χ1) is 23.7. The van der Waals surface area contributed by atoms with Crippen molar-refractivity contribution in [3.8, 4) is 39.9 Å². The molecule has 6 heteroatoms. The molecule has 0 spiro atoms. The molecule has 254 valence electrons. The van der Waals surface area contributed by atoms with Crippen molar-refractivity contribution < 1.29 is 9.47 Å². The number of aromatic nitrogens is 4. The molecule has 0 N–H and O–H groups in total. The number of nitrogens with zero attached hydrogens (tertiary/aromatic N) is 4. The molecule has 0 bridgehead atoms. The van der Waals surface area contributed by atoms with Crippen molar-refractivity contribution in [2.75, 3.05) is 7.11 Å². The van der Waals surface area contributed by atoms with Crippen molar-refractivity contribution in [1.82, 2.24) is 19.3 Å². The van der Waals surface area contributed by atoms with Gasteiger partial charge in [-0.05, 0) is 79.4 Å². The summed E-state index contributed by atoms with van der Waals surface area (Å²) in [7, 11) is 1.68. The number of pyridine rings is 1. The van der Waals surface area contributed by atoms with Crippen LogP contribution < -0.4 is 9.47 Å². The zero-order valence-corrected chi connectivity index (χ0v) is 30.8. The lowest BCUT2D eigenvalue weighted by Crippen LogP contribution is -2.19. The van der Waals surface area contributed by atoms with Crippen LogP contribution >= 0.6 is 0 Å². The number of benzene rings is 4. The van der Waals surface area contributed by atoms with E-state index in [0.717, 1.165) is 61.8 Å². The zero-order valence-electron chi connectivity index (χ0n) is 30.8. The molecule has 0 unspecified atom stereocenters. The SMILES string of the molecule is COc1ccnc(-n2c3ccccc3c3ccc(Oc4cc(C)cc(-n5nc(C(C)(C)C)c(-c6c(C)cccc6C)c5C(C)(C)C)c4)cc32)c1. The Hall–Kier alpha value is -5.36. The Labute approximate surface area is 295 Å². The van der Waals surface area contributed by atoms with Crippen molar-refractivity contribution >= 4 is 21.8 Å². The monoisotopic (exact) mass is 662 g/mol. The molecule has 7 rings (SSSR count). The van der Waals surface area contributed by atoms with E-state index in [1.54, 1.807) is 13.3 Å². The number of ether oxygens (including phenoxy) is 2. The molecule has 7 aromatic rings. The van der Waals surface area contributed by atoms with E-state index in [4.69, 9.17) is 19.6 Å². The third-order valence-electron chi connectivity index (χ3n) is 9.38. The van der Waals surface area contributed by atoms with Crippen LogP contribution in [0.15, 0.2) is 97.2 Å². The molecule has 50 heavy (non-hydrogen) atoms. The molecule has 4 aromatic carbocycles. The first-order valence-electron chi connectivity index (χ1n) is 17.3. The largest absolute Gasteiger partial charge is 0.497 e. The van der Waals surface area contributed by atoms with Gasteiger partial charge in [-0.2, -0.15) is 5.10 Å². The van der Waals surface area contributed by atoms with E-state index in [-0.39, 0.29) is 10.8 Å². The highest BCUT2D eigenvalue weighted by molar-refractivity contribution is 6.09. The quantitative estimate of drug-likeness (QED) is 0.178. The van der Waals surface area contributed by atoms with Crippen LogP contribution in [0.2, 0.25) is 0 Å². The van der Waals surface area contributed by atoms with Crippen LogP contribution in [0.25, 0.3) is 44.4 Å². The van der Waals surface area contributed by atoms with Crippen molar-refractivity contribution in [3.05, 3.63) is 125 Å². The molecule has 0 aliphatic carbocycles. The van der Waals surface area contributed by atoms with Gasteiger partial charge in [0.2, 0.25) is 0 Å². The highest BCUT2D eigenvalue weighted by atomic mass is 16.5. The Kier molecular flexibility index (Phi) is 8.09. The second-order valence-corrected chi connectivity index (χ2v) is 15.4. The van der Waals surface area contributed by atoms with Gasteiger partial charge in [0.15, 0.2) is 0 Å². The van der Waals surface area contributed by atoms with Crippen LogP contribution in [0.3, 0.4) is 0 Å². The topological polar surface area (TPSA) is 54.1 Å². The second-order valence-electron chi connectivity index (χ2n) is 15.4. The van der Waals surface area contributed by atoms with Crippen LogP contribution in [0.4, 0.5) is 0 Å². The lowest BCUT2D eigenvalue weighted by molar-refractivity contribution is 0.414. The third kappa shape index (κ3) is 5.83. The fourth-order valence-corrected chi connectivity index (χ4v) is 7.22. The van der Waals surface area contributed by atoms with Gasteiger partial charge in [-0.15, -0.1) is 0 Å². The van der Waals surface area contributed by atoms with Gasteiger partial charge in [-0.3, -0.25) is 4.57 Å². The summed E-state index contributed by atoms with van der Waals surface area (Å²) in [6, 6.07) is 31.5. The van der Waals surface area contributed by atoms with E-state index in [2.05, 4.69) is 144 Å². The summed E-state index contributed by atoms with van der Waals surface area (Å²) in [6.45, 7) is 20.1. The van der Waals surface area contributed by atoms with E-state index in [9.17, 15) is 0 Å². The van der Waals surface area contributed by atoms with E-state index < -0.39 is 0 Å². The third-order valence-corrected chi connectivity index (χ3v) is 9.38.